The van der Waals surface area contributed by atoms with Crippen molar-refractivity contribution in [3.05, 3.63) is 46.8 Å². The molecular weight excluding hydrogens is 262 g/mol. The summed E-state index contributed by atoms with van der Waals surface area (Å²) < 4.78 is 15.5. The van der Waals surface area contributed by atoms with Crippen molar-refractivity contribution in [1.29, 1.82) is 0 Å². The van der Waals surface area contributed by atoms with E-state index in [-0.39, 0.29) is 12.2 Å². The first-order valence-electron chi connectivity index (χ1n) is 6.00. The molecule has 6 heteroatoms. The molecule has 0 aliphatic carbocycles. The second kappa shape index (κ2) is 6.21. The molecule has 6 nitrogen and oxygen atoms in total. The second-order valence-electron chi connectivity index (χ2n) is 4.31. The molecule has 0 spiro atoms. The maximum Gasteiger partial charge on any atom is 0.339 e. The summed E-state index contributed by atoms with van der Waals surface area (Å²) in [5.41, 5.74) is 1.62. The van der Waals surface area contributed by atoms with Crippen LogP contribution < -0.4 is 4.74 Å². The quantitative estimate of drug-likeness (QED) is 0.873. The molecule has 106 valence electrons. The van der Waals surface area contributed by atoms with E-state index in [1.54, 1.807) is 25.3 Å². The zero-order chi connectivity index (χ0) is 14.5. The van der Waals surface area contributed by atoms with Crippen LogP contribution in [0.25, 0.3) is 0 Å². The van der Waals surface area contributed by atoms with Gasteiger partial charge in [-0.3, -0.25) is 0 Å². The first kappa shape index (κ1) is 14.1. The molecule has 0 aliphatic rings. The van der Waals surface area contributed by atoms with Crippen LogP contribution in [0.5, 0.6) is 5.75 Å². The van der Waals surface area contributed by atoms with Crippen molar-refractivity contribution >= 4 is 5.97 Å². The van der Waals surface area contributed by atoms with E-state index in [0.29, 0.717) is 23.8 Å². The van der Waals surface area contributed by atoms with Gasteiger partial charge in [-0.2, -0.15) is 0 Å². The Morgan fingerprint density at radius 3 is 2.85 bits per heavy atom. The molecule has 0 bridgehead atoms. The summed E-state index contributed by atoms with van der Waals surface area (Å²) in [6, 6.07) is 6.63. The topological polar surface area (TPSA) is 81.8 Å². The van der Waals surface area contributed by atoms with Gasteiger partial charge in [0.15, 0.2) is 5.76 Å². The van der Waals surface area contributed by atoms with Crippen molar-refractivity contribution < 1.29 is 23.9 Å². The third kappa shape index (κ3) is 3.36. The van der Waals surface area contributed by atoms with Crippen LogP contribution in [0.4, 0.5) is 0 Å². The van der Waals surface area contributed by atoms with E-state index in [1.807, 2.05) is 6.92 Å². The van der Waals surface area contributed by atoms with Gasteiger partial charge in [-0.05, 0) is 24.6 Å². The van der Waals surface area contributed by atoms with Crippen molar-refractivity contribution in [2.45, 2.75) is 20.1 Å². The fourth-order valence-electron chi connectivity index (χ4n) is 1.71. The highest BCUT2D eigenvalue weighted by Crippen LogP contribution is 2.21. The minimum absolute atomic E-state index is 0.121. The second-order valence-corrected chi connectivity index (χ2v) is 4.31. The number of carbonyl (C=O) groups is 1. The van der Waals surface area contributed by atoms with Gasteiger partial charge < -0.3 is 19.1 Å². The lowest BCUT2D eigenvalue weighted by Gasteiger charge is -2.08. The number of methoxy groups -OCH3 is 1. The summed E-state index contributed by atoms with van der Waals surface area (Å²) in [6.45, 7) is 2.33. The molecule has 1 aromatic carbocycles. The summed E-state index contributed by atoms with van der Waals surface area (Å²) in [5.74, 6) is -0.122. The highest BCUT2D eigenvalue weighted by atomic mass is 16.5. The molecule has 1 aromatic heterocycles. The number of hydrogen-bond donors (Lipinski definition) is 1. The van der Waals surface area contributed by atoms with Crippen molar-refractivity contribution in [2.75, 3.05) is 7.11 Å². The van der Waals surface area contributed by atoms with Crippen LogP contribution >= 0.6 is 0 Å². The van der Waals surface area contributed by atoms with E-state index < -0.39 is 5.97 Å². The predicted molar refractivity (Wildman–Crippen MR) is 69.7 cm³/mol. The number of carboxylic acids is 1. The normalized spacial score (nSPS) is 10.5. The van der Waals surface area contributed by atoms with Crippen LogP contribution in [-0.4, -0.2) is 23.3 Å². The Morgan fingerprint density at radius 2 is 2.15 bits per heavy atom. The largest absolute Gasteiger partial charge is 0.486 e. The molecule has 0 saturated carbocycles. The van der Waals surface area contributed by atoms with Crippen LogP contribution in [0, 0.1) is 6.92 Å². The summed E-state index contributed by atoms with van der Waals surface area (Å²) in [7, 11) is 1.56. The highest BCUT2D eigenvalue weighted by molar-refractivity contribution is 5.90. The molecule has 0 amide bonds. The average molecular weight is 277 g/mol. The van der Waals surface area contributed by atoms with Gasteiger partial charge in [0, 0.05) is 13.2 Å². The molecular formula is C14H15NO5. The number of nitrogens with zero attached hydrogens (tertiary/aromatic N) is 1. The molecule has 0 radical (unpaired) electrons. The smallest absolute Gasteiger partial charge is 0.339 e. The van der Waals surface area contributed by atoms with Crippen LogP contribution in [0.3, 0.4) is 0 Å². The first-order valence-corrected chi connectivity index (χ1v) is 6.00. The van der Waals surface area contributed by atoms with Crippen LogP contribution in [0.15, 0.2) is 28.8 Å². The zero-order valence-electron chi connectivity index (χ0n) is 11.3. The van der Waals surface area contributed by atoms with Gasteiger partial charge in [0.05, 0.1) is 0 Å². The van der Waals surface area contributed by atoms with Crippen LogP contribution in [0.1, 0.15) is 27.4 Å². The minimum atomic E-state index is -1.03. The number of aromatic nitrogens is 1. The van der Waals surface area contributed by atoms with Crippen molar-refractivity contribution in [3.63, 3.8) is 0 Å². The average Bonchev–Trinajstić information content (AvgIpc) is 2.84. The molecule has 0 unspecified atom stereocenters. The van der Waals surface area contributed by atoms with Gasteiger partial charge in [0.2, 0.25) is 0 Å². The molecule has 1 N–H and O–H groups in total. The van der Waals surface area contributed by atoms with Gasteiger partial charge in [-0.25, -0.2) is 4.79 Å². The van der Waals surface area contributed by atoms with Crippen molar-refractivity contribution in [1.82, 2.24) is 5.16 Å². The number of ether oxygens (including phenoxy) is 2. The van der Waals surface area contributed by atoms with Gasteiger partial charge >= 0.3 is 5.97 Å². The number of carboxylic acid groups (broad SMARTS) is 1. The third-order valence-corrected chi connectivity index (χ3v) is 2.64. The summed E-state index contributed by atoms with van der Waals surface area (Å²) in [4.78, 5) is 11.1. The molecule has 20 heavy (non-hydrogen) atoms. The first-order chi connectivity index (χ1) is 9.60. The summed E-state index contributed by atoms with van der Waals surface area (Å²) in [5, 5.41) is 12.9. The number of benzene rings is 1. The minimum Gasteiger partial charge on any atom is -0.486 e. The molecule has 1 heterocycles. The highest BCUT2D eigenvalue weighted by Gasteiger charge is 2.12. The van der Waals surface area contributed by atoms with Gasteiger partial charge in [0.1, 0.15) is 30.2 Å². The maximum atomic E-state index is 11.1. The van der Waals surface area contributed by atoms with E-state index in [2.05, 4.69) is 5.16 Å². The Kier molecular flexibility index (Phi) is 4.37. The lowest BCUT2D eigenvalue weighted by atomic mass is 10.1. The van der Waals surface area contributed by atoms with Gasteiger partial charge in [0.25, 0.3) is 0 Å². The Bertz CT molecular complexity index is 605. The fourth-order valence-corrected chi connectivity index (χ4v) is 1.71. The standard InChI is InChI=1S/C14H15NO5/c1-9-3-4-12(14(16)17)13(5-9)19-7-10-6-11(8-18-2)20-15-10/h3-6H,7-8H2,1-2H3,(H,16,17). The van der Waals surface area contributed by atoms with Crippen LogP contribution in [-0.2, 0) is 18.0 Å². The molecule has 0 aliphatic heterocycles. The van der Waals surface area contributed by atoms with E-state index in [0.717, 1.165) is 5.56 Å². The lowest BCUT2D eigenvalue weighted by Crippen LogP contribution is -2.04. The Labute approximate surface area is 115 Å². The Balaban J connectivity index is 2.09. The predicted octanol–water partition coefficient (Wildman–Crippen LogP) is 2.41. The van der Waals surface area contributed by atoms with Crippen LogP contribution in [0.2, 0.25) is 0 Å². The van der Waals surface area contributed by atoms with Gasteiger partial charge in [-0.15, -0.1) is 0 Å². The molecule has 2 aromatic rings. The lowest BCUT2D eigenvalue weighted by molar-refractivity contribution is 0.0691. The number of aryl methyl sites for hydroxylation is 1. The monoisotopic (exact) mass is 277 g/mol. The van der Waals surface area contributed by atoms with E-state index >= 15 is 0 Å². The molecule has 2 rings (SSSR count). The molecule has 0 atom stereocenters. The number of hydrogen-bond acceptors (Lipinski definition) is 5. The third-order valence-electron chi connectivity index (χ3n) is 2.64. The van der Waals surface area contributed by atoms with E-state index in [9.17, 15) is 4.79 Å². The zero-order valence-corrected chi connectivity index (χ0v) is 11.3. The maximum absolute atomic E-state index is 11.1. The number of rotatable bonds is 6. The van der Waals surface area contributed by atoms with Crippen molar-refractivity contribution in [3.8, 4) is 5.75 Å². The number of aromatic carboxylic acids is 1. The van der Waals surface area contributed by atoms with E-state index in [4.69, 9.17) is 19.1 Å². The Hall–Kier alpha value is -2.34. The Morgan fingerprint density at radius 1 is 1.35 bits per heavy atom. The summed E-state index contributed by atoms with van der Waals surface area (Å²) >= 11 is 0. The summed E-state index contributed by atoms with van der Waals surface area (Å²) in [6.07, 6.45) is 0. The fraction of sp³-hybridized carbons (Fsp3) is 0.286. The SMILES string of the molecule is COCc1cc(COc2cc(C)ccc2C(=O)O)no1. The van der Waals surface area contributed by atoms with Crippen molar-refractivity contribution in [2.24, 2.45) is 0 Å². The van der Waals surface area contributed by atoms with Gasteiger partial charge in [-0.1, -0.05) is 11.2 Å². The van der Waals surface area contributed by atoms with E-state index in [1.165, 1.54) is 6.07 Å². The molecule has 0 saturated heterocycles. The molecule has 0 fully saturated rings.